The smallest absolute Gasteiger partial charge is 0.328 e. The molecule has 1 aromatic rings. The van der Waals surface area contributed by atoms with Gasteiger partial charge in [-0.25, -0.2) is 4.79 Å². The number of carbonyl (C=O) groups excluding carboxylic acids is 1. The second kappa shape index (κ2) is 11.7. The standard InChI is InChI=1S/C19H24N2O5/c1-3-10-21(2)16(13-25-14-18(20)22)12-15-6-8-17(9-7-15)26-11-4-5-19(23)24/h1,4-9,16H,10-14H2,2H3,(H2,20,22)(H,23,24)/b5-4+/t16-/m0/s1. The molecule has 1 rings (SSSR count). The highest BCUT2D eigenvalue weighted by Gasteiger charge is 2.15. The highest BCUT2D eigenvalue weighted by molar-refractivity contribution is 5.79. The summed E-state index contributed by atoms with van der Waals surface area (Å²) in [7, 11) is 1.89. The summed E-state index contributed by atoms with van der Waals surface area (Å²) in [6.45, 7) is 0.845. The Bertz CT molecular complexity index is 649. The van der Waals surface area contributed by atoms with Crippen molar-refractivity contribution in [3.63, 3.8) is 0 Å². The van der Waals surface area contributed by atoms with Gasteiger partial charge in [-0.05, 0) is 37.2 Å². The minimum Gasteiger partial charge on any atom is -0.490 e. The van der Waals surface area contributed by atoms with Crippen LogP contribution in [0, 0.1) is 12.3 Å². The van der Waals surface area contributed by atoms with Crippen LogP contribution < -0.4 is 10.5 Å². The van der Waals surface area contributed by atoms with Crippen molar-refractivity contribution in [2.45, 2.75) is 12.5 Å². The third kappa shape index (κ3) is 8.87. The van der Waals surface area contributed by atoms with Crippen molar-refractivity contribution in [2.75, 3.05) is 33.4 Å². The van der Waals surface area contributed by atoms with Gasteiger partial charge in [0.15, 0.2) is 0 Å². The van der Waals surface area contributed by atoms with Crippen molar-refractivity contribution < 1.29 is 24.2 Å². The van der Waals surface area contributed by atoms with E-state index in [0.717, 1.165) is 11.6 Å². The van der Waals surface area contributed by atoms with Crippen LogP contribution in [0.3, 0.4) is 0 Å². The third-order valence-electron chi connectivity index (χ3n) is 3.52. The summed E-state index contributed by atoms with van der Waals surface area (Å²) >= 11 is 0. The Morgan fingerprint density at radius 3 is 2.65 bits per heavy atom. The molecule has 140 valence electrons. The van der Waals surface area contributed by atoms with Gasteiger partial charge in [0, 0.05) is 12.1 Å². The lowest BCUT2D eigenvalue weighted by Gasteiger charge is -2.26. The van der Waals surface area contributed by atoms with E-state index in [1.54, 1.807) is 0 Å². The van der Waals surface area contributed by atoms with Crippen LogP contribution in [-0.4, -0.2) is 61.3 Å². The first-order valence-corrected chi connectivity index (χ1v) is 8.03. The number of primary amides is 1. The molecule has 0 fully saturated rings. The Balaban J connectivity index is 2.61. The average molecular weight is 360 g/mol. The van der Waals surface area contributed by atoms with E-state index in [2.05, 4.69) is 5.92 Å². The highest BCUT2D eigenvalue weighted by atomic mass is 16.5. The van der Waals surface area contributed by atoms with Crippen LogP contribution in [0.5, 0.6) is 5.75 Å². The Hall–Kier alpha value is -2.82. The molecule has 1 amide bonds. The van der Waals surface area contributed by atoms with Gasteiger partial charge in [-0.2, -0.15) is 0 Å². The maximum Gasteiger partial charge on any atom is 0.328 e. The quantitative estimate of drug-likeness (QED) is 0.420. The summed E-state index contributed by atoms with van der Waals surface area (Å²) in [5.74, 6) is 1.71. The average Bonchev–Trinajstić information content (AvgIpc) is 2.59. The zero-order valence-corrected chi connectivity index (χ0v) is 14.8. The van der Waals surface area contributed by atoms with E-state index in [0.29, 0.717) is 25.3 Å². The molecule has 3 N–H and O–H groups in total. The van der Waals surface area contributed by atoms with Crippen molar-refractivity contribution in [3.8, 4) is 18.1 Å². The SMILES string of the molecule is C#CCN(C)[C@H](COCC(N)=O)Cc1ccc(OC/C=C/C(=O)O)cc1. The summed E-state index contributed by atoms with van der Waals surface area (Å²) in [4.78, 5) is 23.2. The topological polar surface area (TPSA) is 102 Å². The summed E-state index contributed by atoms with van der Waals surface area (Å²) in [5.41, 5.74) is 6.14. The second-order valence-corrected chi connectivity index (χ2v) is 5.65. The van der Waals surface area contributed by atoms with Crippen LogP contribution >= 0.6 is 0 Å². The van der Waals surface area contributed by atoms with Gasteiger partial charge in [-0.15, -0.1) is 6.42 Å². The molecule has 0 saturated heterocycles. The first kappa shape index (κ1) is 21.2. The van der Waals surface area contributed by atoms with Crippen LogP contribution in [0.25, 0.3) is 0 Å². The fourth-order valence-corrected chi connectivity index (χ4v) is 2.20. The van der Waals surface area contributed by atoms with Crippen molar-refractivity contribution in [1.82, 2.24) is 4.90 Å². The van der Waals surface area contributed by atoms with Gasteiger partial charge in [0.05, 0.1) is 13.2 Å². The summed E-state index contributed by atoms with van der Waals surface area (Å²) < 4.78 is 10.8. The van der Waals surface area contributed by atoms with Crippen molar-refractivity contribution in [1.29, 1.82) is 0 Å². The number of nitrogens with zero attached hydrogens (tertiary/aromatic N) is 1. The van der Waals surface area contributed by atoms with Crippen LogP contribution in [0.15, 0.2) is 36.4 Å². The number of carbonyl (C=O) groups is 2. The monoisotopic (exact) mass is 360 g/mol. The normalized spacial score (nSPS) is 12.0. The second-order valence-electron chi connectivity index (χ2n) is 5.65. The zero-order valence-electron chi connectivity index (χ0n) is 14.8. The number of carboxylic acid groups (broad SMARTS) is 1. The number of benzene rings is 1. The van der Waals surface area contributed by atoms with Gasteiger partial charge in [-0.1, -0.05) is 18.1 Å². The van der Waals surface area contributed by atoms with E-state index in [1.165, 1.54) is 6.08 Å². The third-order valence-corrected chi connectivity index (χ3v) is 3.52. The molecule has 0 unspecified atom stereocenters. The zero-order chi connectivity index (χ0) is 19.4. The fourth-order valence-electron chi connectivity index (χ4n) is 2.20. The molecule has 7 heteroatoms. The van der Waals surface area contributed by atoms with Gasteiger partial charge < -0.3 is 20.3 Å². The number of hydrogen-bond acceptors (Lipinski definition) is 5. The van der Waals surface area contributed by atoms with Gasteiger partial charge in [0.2, 0.25) is 5.91 Å². The fraction of sp³-hybridized carbons (Fsp3) is 0.368. The molecule has 26 heavy (non-hydrogen) atoms. The molecule has 0 aliphatic heterocycles. The van der Waals surface area contributed by atoms with Crippen molar-refractivity contribution in [3.05, 3.63) is 42.0 Å². The Kier molecular flexibility index (Phi) is 9.54. The molecule has 0 aliphatic carbocycles. The number of ether oxygens (including phenoxy) is 2. The molecule has 1 atom stereocenters. The molecule has 0 heterocycles. The van der Waals surface area contributed by atoms with Gasteiger partial charge in [0.25, 0.3) is 0 Å². The van der Waals surface area contributed by atoms with E-state index < -0.39 is 11.9 Å². The largest absolute Gasteiger partial charge is 0.490 e. The lowest BCUT2D eigenvalue weighted by Crippen LogP contribution is -2.38. The lowest BCUT2D eigenvalue weighted by molar-refractivity contribution is -0.131. The molecule has 0 bridgehead atoms. The van der Waals surface area contributed by atoms with E-state index in [-0.39, 0.29) is 19.3 Å². The van der Waals surface area contributed by atoms with Crippen molar-refractivity contribution >= 4 is 11.9 Å². The highest BCUT2D eigenvalue weighted by Crippen LogP contribution is 2.15. The van der Waals surface area contributed by atoms with Crippen LogP contribution in [0.4, 0.5) is 0 Å². The number of aliphatic carboxylic acids is 1. The van der Waals surface area contributed by atoms with E-state index in [4.69, 9.17) is 26.7 Å². The minimum atomic E-state index is -1.01. The van der Waals surface area contributed by atoms with Gasteiger partial charge in [-0.3, -0.25) is 9.69 Å². The number of amides is 1. The lowest BCUT2D eigenvalue weighted by atomic mass is 10.1. The molecule has 0 aromatic heterocycles. The van der Waals surface area contributed by atoms with E-state index in [9.17, 15) is 9.59 Å². The van der Waals surface area contributed by atoms with Gasteiger partial charge >= 0.3 is 5.97 Å². The Morgan fingerprint density at radius 2 is 2.08 bits per heavy atom. The number of likely N-dealkylation sites (N-methyl/N-ethyl adjacent to an activating group) is 1. The Labute approximate surface area is 153 Å². The van der Waals surface area contributed by atoms with E-state index >= 15 is 0 Å². The number of nitrogens with two attached hydrogens (primary N) is 1. The minimum absolute atomic E-state index is 0.00401. The number of hydrogen-bond donors (Lipinski definition) is 2. The number of terminal acetylenes is 1. The molecule has 0 spiro atoms. The molecule has 0 radical (unpaired) electrons. The summed E-state index contributed by atoms with van der Waals surface area (Å²) in [6.07, 6.45) is 8.51. The number of carboxylic acids is 1. The molecule has 0 saturated carbocycles. The van der Waals surface area contributed by atoms with E-state index in [1.807, 2.05) is 36.2 Å². The summed E-state index contributed by atoms with van der Waals surface area (Å²) in [5, 5.41) is 8.51. The molecular formula is C19H24N2O5. The summed E-state index contributed by atoms with van der Waals surface area (Å²) in [6, 6.07) is 7.46. The molecule has 1 aromatic carbocycles. The van der Waals surface area contributed by atoms with Gasteiger partial charge in [0.1, 0.15) is 19.0 Å². The molecular weight excluding hydrogens is 336 g/mol. The predicted molar refractivity (Wildman–Crippen MR) is 97.7 cm³/mol. The first-order valence-electron chi connectivity index (χ1n) is 8.03. The van der Waals surface area contributed by atoms with Crippen molar-refractivity contribution in [2.24, 2.45) is 5.73 Å². The maximum absolute atomic E-state index is 10.8. The molecule has 0 aliphatic rings. The van der Waals surface area contributed by atoms with Crippen LogP contribution in [0.2, 0.25) is 0 Å². The van der Waals surface area contributed by atoms with Crippen LogP contribution in [-0.2, 0) is 20.7 Å². The first-order chi connectivity index (χ1) is 12.4. The molecule has 7 nitrogen and oxygen atoms in total. The number of rotatable bonds is 12. The maximum atomic E-state index is 10.8. The Morgan fingerprint density at radius 1 is 1.38 bits per heavy atom. The predicted octanol–water partition coefficient (Wildman–Crippen LogP) is 0.684. The van der Waals surface area contributed by atoms with Crippen LogP contribution in [0.1, 0.15) is 5.56 Å².